The van der Waals surface area contributed by atoms with Gasteiger partial charge in [-0.1, -0.05) is 32.0 Å². The fraction of sp³-hybridized carbons (Fsp3) is 0.579. The highest BCUT2D eigenvalue weighted by atomic mass is 16.2. The maximum absolute atomic E-state index is 12.4. The first kappa shape index (κ1) is 18.5. The van der Waals surface area contributed by atoms with Gasteiger partial charge in [-0.2, -0.15) is 0 Å². The average molecular weight is 331 g/mol. The van der Waals surface area contributed by atoms with Gasteiger partial charge in [0.1, 0.15) is 0 Å². The highest BCUT2D eigenvalue weighted by Crippen LogP contribution is 2.32. The van der Waals surface area contributed by atoms with Crippen LogP contribution in [-0.2, 0) is 9.59 Å². The van der Waals surface area contributed by atoms with Gasteiger partial charge in [-0.15, -0.1) is 0 Å². The SMILES string of the molecule is CC(C)c1ccccc1N1CC(C(=O)NCCCN(C)C)CC1=O. The first-order chi connectivity index (χ1) is 11.4. The summed E-state index contributed by atoms with van der Waals surface area (Å²) in [5, 5.41) is 2.97. The molecule has 0 radical (unpaired) electrons. The van der Waals surface area contributed by atoms with Crippen molar-refractivity contribution in [3.8, 4) is 0 Å². The molecule has 1 aliphatic rings. The molecule has 1 heterocycles. The molecule has 24 heavy (non-hydrogen) atoms. The van der Waals surface area contributed by atoms with E-state index in [9.17, 15) is 9.59 Å². The zero-order chi connectivity index (χ0) is 17.7. The molecule has 1 N–H and O–H groups in total. The molecular weight excluding hydrogens is 302 g/mol. The van der Waals surface area contributed by atoms with Gasteiger partial charge in [-0.25, -0.2) is 0 Å². The number of benzene rings is 1. The molecule has 1 aliphatic heterocycles. The van der Waals surface area contributed by atoms with E-state index in [1.165, 1.54) is 0 Å². The van der Waals surface area contributed by atoms with Crippen LogP contribution in [0.5, 0.6) is 0 Å². The summed E-state index contributed by atoms with van der Waals surface area (Å²) < 4.78 is 0. The van der Waals surface area contributed by atoms with Crippen LogP contribution in [0.25, 0.3) is 0 Å². The number of rotatable bonds is 7. The first-order valence-corrected chi connectivity index (χ1v) is 8.72. The third kappa shape index (κ3) is 4.57. The van der Waals surface area contributed by atoms with Crippen molar-refractivity contribution < 1.29 is 9.59 Å². The van der Waals surface area contributed by atoms with Gasteiger partial charge >= 0.3 is 0 Å². The zero-order valence-corrected chi connectivity index (χ0v) is 15.2. The summed E-state index contributed by atoms with van der Waals surface area (Å²) in [6.45, 7) is 6.31. The topological polar surface area (TPSA) is 52.7 Å². The minimum atomic E-state index is -0.253. The van der Waals surface area contributed by atoms with Crippen LogP contribution in [0.3, 0.4) is 0 Å². The van der Waals surface area contributed by atoms with Crippen molar-refractivity contribution in [2.24, 2.45) is 5.92 Å². The van der Waals surface area contributed by atoms with Gasteiger partial charge in [0, 0.05) is 25.2 Å². The van der Waals surface area contributed by atoms with E-state index < -0.39 is 0 Å². The number of carbonyl (C=O) groups is 2. The monoisotopic (exact) mass is 331 g/mol. The quantitative estimate of drug-likeness (QED) is 0.780. The molecule has 5 nitrogen and oxygen atoms in total. The van der Waals surface area contributed by atoms with E-state index in [2.05, 4.69) is 30.1 Å². The lowest BCUT2D eigenvalue weighted by Crippen LogP contribution is -2.34. The number of hydrogen-bond donors (Lipinski definition) is 1. The maximum Gasteiger partial charge on any atom is 0.227 e. The summed E-state index contributed by atoms with van der Waals surface area (Å²) in [6, 6.07) is 7.98. The standard InChI is InChI=1S/C19H29N3O2/c1-14(2)16-8-5-6-9-17(16)22-13-15(12-18(22)23)19(24)20-10-7-11-21(3)4/h5-6,8-9,14-15H,7,10-13H2,1-4H3,(H,20,24). The summed E-state index contributed by atoms with van der Waals surface area (Å²) in [7, 11) is 4.03. The van der Waals surface area contributed by atoms with Gasteiger partial charge in [0.2, 0.25) is 11.8 Å². The van der Waals surface area contributed by atoms with Gasteiger partial charge < -0.3 is 15.1 Å². The molecule has 0 saturated carbocycles. The highest BCUT2D eigenvalue weighted by molar-refractivity contribution is 6.00. The second-order valence-corrected chi connectivity index (χ2v) is 7.07. The van der Waals surface area contributed by atoms with Crippen LogP contribution in [0.4, 0.5) is 5.69 Å². The molecule has 1 saturated heterocycles. The molecule has 2 rings (SSSR count). The Balaban J connectivity index is 1.97. The molecule has 5 heteroatoms. The highest BCUT2D eigenvalue weighted by Gasteiger charge is 2.35. The molecule has 2 amide bonds. The van der Waals surface area contributed by atoms with Gasteiger partial charge in [0.25, 0.3) is 0 Å². The summed E-state index contributed by atoms with van der Waals surface area (Å²) in [5.41, 5.74) is 2.10. The van der Waals surface area contributed by atoms with Crippen LogP contribution in [-0.4, -0.2) is 50.4 Å². The summed E-state index contributed by atoms with van der Waals surface area (Å²) in [6.07, 6.45) is 1.21. The molecular formula is C19H29N3O2. The lowest BCUT2D eigenvalue weighted by atomic mass is 10.0. The third-order valence-corrected chi connectivity index (χ3v) is 4.43. The predicted molar refractivity (Wildman–Crippen MR) is 97.2 cm³/mol. The Morgan fingerprint density at radius 2 is 2.04 bits per heavy atom. The Kier molecular flexibility index (Phi) is 6.37. The molecule has 0 aromatic heterocycles. The van der Waals surface area contributed by atoms with Gasteiger partial charge in [-0.3, -0.25) is 9.59 Å². The Morgan fingerprint density at radius 3 is 2.71 bits per heavy atom. The number of hydrogen-bond acceptors (Lipinski definition) is 3. The lowest BCUT2D eigenvalue weighted by Gasteiger charge is -2.22. The molecule has 0 bridgehead atoms. The van der Waals surface area contributed by atoms with Gasteiger partial charge in [0.05, 0.1) is 5.92 Å². The second kappa shape index (κ2) is 8.29. The average Bonchev–Trinajstić information content (AvgIpc) is 2.93. The third-order valence-electron chi connectivity index (χ3n) is 4.43. The van der Waals surface area contributed by atoms with E-state index in [1.807, 2.05) is 32.3 Å². The van der Waals surface area contributed by atoms with Crippen LogP contribution < -0.4 is 10.2 Å². The molecule has 1 aromatic rings. The molecule has 1 atom stereocenters. The molecule has 1 unspecified atom stereocenters. The largest absolute Gasteiger partial charge is 0.356 e. The zero-order valence-electron chi connectivity index (χ0n) is 15.2. The summed E-state index contributed by atoms with van der Waals surface area (Å²) >= 11 is 0. The van der Waals surface area contributed by atoms with Gasteiger partial charge in [-0.05, 0) is 44.6 Å². The number of carbonyl (C=O) groups excluding carboxylic acids is 2. The minimum absolute atomic E-state index is 0.00775. The van der Waals surface area contributed by atoms with Crippen LogP contribution in [0.15, 0.2) is 24.3 Å². The van der Waals surface area contributed by atoms with Crippen LogP contribution in [0.2, 0.25) is 0 Å². The number of nitrogens with one attached hydrogen (secondary N) is 1. The van der Waals surface area contributed by atoms with Crippen LogP contribution in [0.1, 0.15) is 38.2 Å². The van der Waals surface area contributed by atoms with Crippen molar-refractivity contribution >= 4 is 17.5 Å². The first-order valence-electron chi connectivity index (χ1n) is 8.72. The van der Waals surface area contributed by atoms with Crippen LogP contribution in [0, 0.1) is 5.92 Å². The van der Waals surface area contributed by atoms with E-state index in [-0.39, 0.29) is 17.7 Å². The van der Waals surface area contributed by atoms with Crippen molar-refractivity contribution in [3.63, 3.8) is 0 Å². The Morgan fingerprint density at radius 1 is 1.33 bits per heavy atom. The number of anilines is 1. The van der Waals surface area contributed by atoms with Crippen molar-refractivity contribution in [1.82, 2.24) is 10.2 Å². The van der Waals surface area contributed by atoms with Crippen molar-refractivity contribution in [1.29, 1.82) is 0 Å². The van der Waals surface area contributed by atoms with Crippen molar-refractivity contribution in [2.75, 3.05) is 38.6 Å². The van der Waals surface area contributed by atoms with E-state index in [0.29, 0.717) is 25.4 Å². The number of para-hydroxylation sites is 1. The molecule has 0 spiro atoms. The molecule has 1 fully saturated rings. The normalized spacial score (nSPS) is 17.8. The molecule has 1 aromatic carbocycles. The van der Waals surface area contributed by atoms with E-state index in [0.717, 1.165) is 24.2 Å². The number of amides is 2. The van der Waals surface area contributed by atoms with Crippen molar-refractivity contribution in [2.45, 2.75) is 32.6 Å². The van der Waals surface area contributed by atoms with E-state index in [4.69, 9.17) is 0 Å². The lowest BCUT2D eigenvalue weighted by molar-refractivity contribution is -0.126. The van der Waals surface area contributed by atoms with E-state index in [1.54, 1.807) is 4.90 Å². The Bertz CT molecular complexity index is 584. The second-order valence-electron chi connectivity index (χ2n) is 7.07. The Labute approximate surface area is 145 Å². The van der Waals surface area contributed by atoms with Crippen molar-refractivity contribution in [3.05, 3.63) is 29.8 Å². The summed E-state index contributed by atoms with van der Waals surface area (Å²) in [4.78, 5) is 28.6. The van der Waals surface area contributed by atoms with Gasteiger partial charge in [0.15, 0.2) is 0 Å². The molecule has 132 valence electrons. The minimum Gasteiger partial charge on any atom is -0.356 e. The van der Waals surface area contributed by atoms with Crippen LogP contribution >= 0.6 is 0 Å². The predicted octanol–water partition coefficient (Wildman–Crippen LogP) is 2.23. The smallest absolute Gasteiger partial charge is 0.227 e. The molecule has 0 aliphatic carbocycles. The Hall–Kier alpha value is -1.88. The maximum atomic E-state index is 12.4. The number of nitrogens with zero attached hydrogens (tertiary/aromatic N) is 2. The van der Waals surface area contributed by atoms with E-state index >= 15 is 0 Å². The fourth-order valence-corrected chi connectivity index (χ4v) is 3.09. The fourth-order valence-electron chi connectivity index (χ4n) is 3.09. The summed E-state index contributed by atoms with van der Waals surface area (Å²) in [5.74, 6) is 0.119.